The van der Waals surface area contributed by atoms with Crippen LogP contribution < -0.4 is 5.56 Å². The minimum absolute atomic E-state index is 0.0338. The van der Waals surface area contributed by atoms with Crippen LogP contribution in [0.2, 0.25) is 0 Å². The number of pyridine rings is 1. The van der Waals surface area contributed by atoms with Crippen LogP contribution in [-0.2, 0) is 16.1 Å². The fourth-order valence-electron chi connectivity index (χ4n) is 4.33. The Labute approximate surface area is 154 Å². The standard InChI is InChI=1S/C20H29N3O3/c1-15(2)22-11-5-9-20(19(22)26)10-13-21(14-20)17(24)8-12-23-16(3)6-4-7-18(23)25/h4,6-7,15H,5,8-14H2,1-3H3. The number of aromatic nitrogens is 1. The fourth-order valence-corrected chi connectivity index (χ4v) is 4.33. The summed E-state index contributed by atoms with van der Waals surface area (Å²) >= 11 is 0. The molecule has 3 heterocycles. The van der Waals surface area contributed by atoms with Gasteiger partial charge in [-0.3, -0.25) is 14.4 Å². The van der Waals surface area contributed by atoms with E-state index in [1.165, 1.54) is 6.07 Å². The number of hydrogen-bond donors (Lipinski definition) is 0. The number of nitrogens with zero attached hydrogens (tertiary/aromatic N) is 3. The lowest BCUT2D eigenvalue weighted by molar-refractivity contribution is -0.148. The van der Waals surface area contributed by atoms with Crippen LogP contribution in [0.3, 0.4) is 0 Å². The summed E-state index contributed by atoms with van der Waals surface area (Å²) < 4.78 is 1.63. The van der Waals surface area contributed by atoms with Gasteiger partial charge in [-0.15, -0.1) is 0 Å². The van der Waals surface area contributed by atoms with Gasteiger partial charge >= 0.3 is 0 Å². The summed E-state index contributed by atoms with van der Waals surface area (Å²) in [5.74, 6) is 0.246. The predicted molar refractivity (Wildman–Crippen MR) is 99.8 cm³/mol. The third-order valence-electron chi connectivity index (χ3n) is 5.92. The van der Waals surface area contributed by atoms with Crippen molar-refractivity contribution >= 4 is 11.8 Å². The molecule has 2 aliphatic heterocycles. The van der Waals surface area contributed by atoms with Crippen molar-refractivity contribution in [2.45, 2.75) is 59.0 Å². The number of likely N-dealkylation sites (tertiary alicyclic amines) is 2. The summed E-state index contributed by atoms with van der Waals surface area (Å²) in [6.07, 6.45) is 2.93. The number of carbonyl (C=O) groups excluding carboxylic acids is 2. The second-order valence-corrected chi connectivity index (χ2v) is 7.95. The highest BCUT2D eigenvalue weighted by molar-refractivity contribution is 5.86. The molecule has 3 rings (SSSR count). The number of hydrogen-bond acceptors (Lipinski definition) is 3. The van der Waals surface area contributed by atoms with E-state index in [0.29, 0.717) is 26.1 Å². The van der Waals surface area contributed by atoms with Gasteiger partial charge in [0, 0.05) is 50.4 Å². The van der Waals surface area contributed by atoms with Crippen LogP contribution in [0.1, 0.15) is 45.2 Å². The average Bonchev–Trinajstić information content (AvgIpc) is 3.02. The summed E-state index contributed by atoms with van der Waals surface area (Å²) in [6, 6.07) is 5.33. The first kappa shape index (κ1) is 18.7. The molecule has 6 nitrogen and oxygen atoms in total. The molecule has 2 fully saturated rings. The molecule has 1 spiro atoms. The fraction of sp³-hybridized carbons (Fsp3) is 0.650. The molecule has 6 heteroatoms. The van der Waals surface area contributed by atoms with E-state index in [1.807, 2.05) is 22.8 Å². The van der Waals surface area contributed by atoms with Crippen LogP contribution in [-0.4, -0.2) is 51.9 Å². The zero-order valence-corrected chi connectivity index (χ0v) is 16.0. The second kappa shape index (κ2) is 7.25. The molecule has 142 valence electrons. The van der Waals surface area contributed by atoms with Crippen molar-refractivity contribution in [1.29, 1.82) is 0 Å². The summed E-state index contributed by atoms with van der Waals surface area (Å²) in [6.45, 7) is 8.35. The molecule has 1 unspecified atom stereocenters. The molecule has 1 aromatic heterocycles. The average molecular weight is 359 g/mol. The highest BCUT2D eigenvalue weighted by atomic mass is 16.2. The van der Waals surface area contributed by atoms with Gasteiger partial charge in [-0.05, 0) is 46.1 Å². The van der Waals surface area contributed by atoms with E-state index in [4.69, 9.17) is 0 Å². The Balaban J connectivity index is 1.64. The predicted octanol–water partition coefficient (Wildman–Crippen LogP) is 1.80. The smallest absolute Gasteiger partial charge is 0.250 e. The van der Waals surface area contributed by atoms with Crippen LogP contribution in [0.5, 0.6) is 0 Å². The number of amides is 2. The van der Waals surface area contributed by atoms with E-state index < -0.39 is 5.41 Å². The second-order valence-electron chi connectivity index (χ2n) is 7.95. The first-order valence-electron chi connectivity index (χ1n) is 9.59. The van der Waals surface area contributed by atoms with E-state index in [2.05, 4.69) is 13.8 Å². The summed E-state index contributed by atoms with van der Waals surface area (Å²) in [5.41, 5.74) is 0.390. The molecule has 1 aromatic rings. The zero-order chi connectivity index (χ0) is 18.9. The third-order valence-corrected chi connectivity index (χ3v) is 5.92. The maximum absolute atomic E-state index is 13.0. The molecule has 0 N–H and O–H groups in total. The number of rotatable bonds is 4. The van der Waals surface area contributed by atoms with E-state index in [0.717, 1.165) is 31.5 Å². The Hall–Kier alpha value is -2.11. The molecule has 26 heavy (non-hydrogen) atoms. The molecule has 0 saturated carbocycles. The van der Waals surface area contributed by atoms with Crippen LogP contribution in [0.15, 0.2) is 23.0 Å². The molecule has 2 aliphatic rings. The molecule has 2 amide bonds. The van der Waals surface area contributed by atoms with E-state index in [-0.39, 0.29) is 23.4 Å². The molecule has 1 atom stereocenters. The zero-order valence-electron chi connectivity index (χ0n) is 16.0. The van der Waals surface area contributed by atoms with Gasteiger partial charge in [-0.2, -0.15) is 0 Å². The van der Waals surface area contributed by atoms with Gasteiger partial charge < -0.3 is 14.4 Å². The lowest BCUT2D eigenvalue weighted by Gasteiger charge is -2.41. The Morgan fingerprint density at radius 3 is 2.65 bits per heavy atom. The Morgan fingerprint density at radius 1 is 1.19 bits per heavy atom. The van der Waals surface area contributed by atoms with Crippen molar-refractivity contribution < 1.29 is 9.59 Å². The topological polar surface area (TPSA) is 62.6 Å². The van der Waals surface area contributed by atoms with Crippen molar-refractivity contribution in [1.82, 2.24) is 14.4 Å². The molecular formula is C20H29N3O3. The van der Waals surface area contributed by atoms with Gasteiger partial charge in [0.15, 0.2) is 0 Å². The lowest BCUT2D eigenvalue weighted by atomic mass is 9.78. The van der Waals surface area contributed by atoms with Gasteiger partial charge in [-0.1, -0.05) is 6.07 Å². The summed E-state index contributed by atoms with van der Waals surface area (Å²) in [7, 11) is 0. The summed E-state index contributed by atoms with van der Waals surface area (Å²) in [4.78, 5) is 41.4. The van der Waals surface area contributed by atoms with E-state index in [9.17, 15) is 14.4 Å². The normalized spacial score (nSPS) is 23.3. The summed E-state index contributed by atoms with van der Waals surface area (Å²) in [5, 5.41) is 0. The minimum Gasteiger partial charge on any atom is -0.342 e. The molecule has 0 bridgehead atoms. The Morgan fingerprint density at radius 2 is 1.96 bits per heavy atom. The lowest BCUT2D eigenvalue weighted by Crippen LogP contribution is -2.52. The van der Waals surface area contributed by atoms with Crippen molar-refractivity contribution in [2.75, 3.05) is 19.6 Å². The first-order valence-corrected chi connectivity index (χ1v) is 9.59. The largest absolute Gasteiger partial charge is 0.342 e. The number of carbonyl (C=O) groups is 2. The van der Waals surface area contributed by atoms with Gasteiger partial charge in [0.05, 0.1) is 5.41 Å². The third kappa shape index (κ3) is 3.41. The number of aryl methyl sites for hydroxylation is 1. The van der Waals surface area contributed by atoms with Crippen molar-refractivity contribution in [2.24, 2.45) is 5.41 Å². The van der Waals surface area contributed by atoms with Crippen LogP contribution in [0.4, 0.5) is 0 Å². The molecule has 0 aliphatic carbocycles. The van der Waals surface area contributed by atoms with E-state index in [1.54, 1.807) is 10.6 Å². The van der Waals surface area contributed by atoms with Gasteiger partial charge in [-0.25, -0.2) is 0 Å². The van der Waals surface area contributed by atoms with Crippen LogP contribution in [0, 0.1) is 12.3 Å². The minimum atomic E-state index is -0.391. The van der Waals surface area contributed by atoms with E-state index >= 15 is 0 Å². The first-order chi connectivity index (χ1) is 12.3. The van der Waals surface area contributed by atoms with Crippen molar-refractivity contribution in [3.63, 3.8) is 0 Å². The van der Waals surface area contributed by atoms with Gasteiger partial charge in [0.1, 0.15) is 0 Å². The molecular weight excluding hydrogens is 330 g/mol. The van der Waals surface area contributed by atoms with Crippen LogP contribution >= 0.6 is 0 Å². The van der Waals surface area contributed by atoms with Crippen LogP contribution in [0.25, 0.3) is 0 Å². The highest BCUT2D eigenvalue weighted by Gasteiger charge is 2.49. The van der Waals surface area contributed by atoms with Gasteiger partial charge in [0.25, 0.3) is 5.56 Å². The maximum atomic E-state index is 13.0. The van der Waals surface area contributed by atoms with Crippen molar-refractivity contribution in [3.8, 4) is 0 Å². The highest BCUT2D eigenvalue weighted by Crippen LogP contribution is 2.40. The Bertz CT molecular complexity index is 755. The molecule has 2 saturated heterocycles. The maximum Gasteiger partial charge on any atom is 0.250 e. The van der Waals surface area contributed by atoms with Crippen molar-refractivity contribution in [3.05, 3.63) is 34.2 Å². The molecule has 0 radical (unpaired) electrons. The SMILES string of the molecule is Cc1cccc(=O)n1CCC(=O)N1CCC2(CCCN(C(C)C)C2=O)C1. The quantitative estimate of drug-likeness (QED) is 0.823. The monoisotopic (exact) mass is 359 g/mol. The Kier molecular flexibility index (Phi) is 5.21. The molecule has 0 aromatic carbocycles. The number of piperidine rings is 1. The van der Waals surface area contributed by atoms with Gasteiger partial charge in [0.2, 0.25) is 11.8 Å².